The van der Waals surface area contributed by atoms with Crippen molar-refractivity contribution in [2.75, 3.05) is 19.0 Å². The van der Waals surface area contributed by atoms with Gasteiger partial charge in [-0.15, -0.1) is 0 Å². The highest BCUT2D eigenvalue weighted by molar-refractivity contribution is 5.69. The molecule has 3 heterocycles. The largest absolute Gasteiger partial charge is 0.444 e. The van der Waals surface area contributed by atoms with Crippen LogP contribution in [0.25, 0.3) is 0 Å². The van der Waals surface area contributed by atoms with Gasteiger partial charge in [0.1, 0.15) is 11.4 Å². The summed E-state index contributed by atoms with van der Waals surface area (Å²) in [6, 6.07) is 3.92. The minimum absolute atomic E-state index is 0.0205. The Balaban J connectivity index is 1.77. The zero-order valence-electron chi connectivity index (χ0n) is 15.8. The topological polar surface area (TPSA) is 65.9 Å². The quantitative estimate of drug-likeness (QED) is 0.891. The van der Waals surface area contributed by atoms with Gasteiger partial charge >= 0.3 is 6.09 Å². The van der Waals surface area contributed by atoms with Gasteiger partial charge in [-0.2, -0.15) is 0 Å². The van der Waals surface area contributed by atoms with Crippen molar-refractivity contribution in [3.63, 3.8) is 0 Å². The van der Waals surface area contributed by atoms with E-state index in [-0.39, 0.29) is 18.2 Å². The molecule has 2 atom stereocenters. The Labute approximate surface area is 149 Å². The predicted molar refractivity (Wildman–Crippen MR) is 96.6 cm³/mol. The molecule has 2 aliphatic rings. The Morgan fingerprint density at radius 2 is 1.88 bits per heavy atom. The molecule has 2 aliphatic heterocycles. The Hall–Kier alpha value is -1.82. The van der Waals surface area contributed by atoms with E-state index in [4.69, 9.17) is 4.74 Å². The second-order valence-corrected chi connectivity index (χ2v) is 8.51. The zero-order chi connectivity index (χ0) is 18.4. The van der Waals surface area contributed by atoms with Crippen LogP contribution in [0, 0.1) is 0 Å². The molecule has 2 unspecified atom stereocenters. The van der Waals surface area contributed by atoms with E-state index >= 15 is 0 Å². The fourth-order valence-electron chi connectivity index (χ4n) is 4.00. The summed E-state index contributed by atoms with van der Waals surface area (Å²) >= 11 is 0. The summed E-state index contributed by atoms with van der Waals surface area (Å²) in [5.74, 6) is 0.863. The van der Waals surface area contributed by atoms with Crippen LogP contribution in [0.2, 0.25) is 0 Å². The average Bonchev–Trinajstić information content (AvgIpc) is 2.78. The Morgan fingerprint density at radius 3 is 2.32 bits per heavy atom. The number of aliphatic hydroxyl groups is 1. The molecule has 1 amide bonds. The molecule has 2 saturated heterocycles. The fourth-order valence-corrected chi connectivity index (χ4v) is 4.00. The first-order valence-corrected chi connectivity index (χ1v) is 8.97. The molecule has 2 bridgehead atoms. The highest BCUT2D eigenvalue weighted by Crippen LogP contribution is 2.46. The van der Waals surface area contributed by atoms with Crippen LogP contribution in [0.1, 0.15) is 52.0 Å². The van der Waals surface area contributed by atoms with Crippen molar-refractivity contribution in [1.82, 2.24) is 9.88 Å². The van der Waals surface area contributed by atoms with E-state index in [1.807, 2.05) is 56.8 Å². The van der Waals surface area contributed by atoms with E-state index in [1.165, 1.54) is 0 Å². The number of hydrogen-bond acceptors (Lipinski definition) is 5. The molecule has 1 N–H and O–H groups in total. The monoisotopic (exact) mass is 347 g/mol. The number of piperidine rings is 1. The molecule has 0 aliphatic carbocycles. The Bertz CT molecular complexity index is 622. The van der Waals surface area contributed by atoms with Gasteiger partial charge in [-0.1, -0.05) is 6.07 Å². The van der Waals surface area contributed by atoms with Gasteiger partial charge < -0.3 is 19.6 Å². The van der Waals surface area contributed by atoms with Gasteiger partial charge in [0.05, 0.1) is 5.60 Å². The molecule has 25 heavy (non-hydrogen) atoms. The second kappa shape index (κ2) is 6.16. The van der Waals surface area contributed by atoms with Gasteiger partial charge in [-0.25, -0.2) is 9.78 Å². The summed E-state index contributed by atoms with van der Waals surface area (Å²) in [6.07, 6.45) is 4.39. The first-order chi connectivity index (χ1) is 11.6. The van der Waals surface area contributed by atoms with Crippen LogP contribution >= 0.6 is 0 Å². The number of pyridine rings is 1. The standard InChI is InChI=1S/C19H29N3O3/c1-18(2,3)25-17(23)22-14-7-8-15(22)11-19(24,10-14)13-6-9-16(20-12-13)21(4)5/h6,9,12,14-15,24H,7-8,10-11H2,1-5H3. The molecule has 138 valence electrons. The molecule has 0 spiro atoms. The zero-order valence-corrected chi connectivity index (χ0v) is 15.8. The molecule has 0 radical (unpaired) electrons. The predicted octanol–water partition coefficient (Wildman–Crippen LogP) is 2.90. The van der Waals surface area contributed by atoms with E-state index in [0.717, 1.165) is 24.2 Å². The normalized spacial score (nSPS) is 28.8. The van der Waals surface area contributed by atoms with E-state index < -0.39 is 11.2 Å². The van der Waals surface area contributed by atoms with E-state index in [1.54, 1.807) is 6.20 Å². The van der Waals surface area contributed by atoms with Gasteiger partial charge in [0, 0.05) is 50.8 Å². The maximum atomic E-state index is 12.5. The van der Waals surface area contributed by atoms with Crippen molar-refractivity contribution in [3.8, 4) is 0 Å². The number of carbonyl (C=O) groups excluding carboxylic acids is 1. The lowest BCUT2D eigenvalue weighted by molar-refractivity contribution is -0.0625. The fraction of sp³-hybridized carbons (Fsp3) is 0.684. The average molecular weight is 347 g/mol. The molecular weight excluding hydrogens is 318 g/mol. The summed E-state index contributed by atoms with van der Waals surface area (Å²) in [6.45, 7) is 5.64. The summed E-state index contributed by atoms with van der Waals surface area (Å²) < 4.78 is 5.56. The lowest BCUT2D eigenvalue weighted by atomic mass is 9.81. The summed E-state index contributed by atoms with van der Waals surface area (Å²) in [7, 11) is 3.88. The van der Waals surface area contributed by atoms with Gasteiger partial charge in [0.2, 0.25) is 0 Å². The molecule has 6 heteroatoms. The number of anilines is 1. The highest BCUT2D eigenvalue weighted by Gasteiger charge is 2.51. The smallest absolute Gasteiger partial charge is 0.410 e. The number of carbonyl (C=O) groups is 1. The summed E-state index contributed by atoms with van der Waals surface area (Å²) in [5, 5.41) is 11.3. The first-order valence-electron chi connectivity index (χ1n) is 8.97. The van der Waals surface area contributed by atoms with Crippen molar-refractivity contribution < 1.29 is 14.6 Å². The summed E-state index contributed by atoms with van der Waals surface area (Å²) in [4.78, 5) is 20.8. The van der Waals surface area contributed by atoms with Crippen LogP contribution in [0.3, 0.4) is 0 Å². The lowest BCUT2D eigenvalue weighted by Crippen LogP contribution is -2.53. The maximum Gasteiger partial charge on any atom is 0.410 e. The molecule has 6 nitrogen and oxygen atoms in total. The lowest BCUT2D eigenvalue weighted by Gasteiger charge is -2.44. The highest BCUT2D eigenvalue weighted by atomic mass is 16.6. The minimum Gasteiger partial charge on any atom is -0.444 e. The van der Waals surface area contributed by atoms with Crippen molar-refractivity contribution in [1.29, 1.82) is 0 Å². The Kier molecular flexibility index (Phi) is 4.43. The molecule has 1 aromatic rings. The number of hydrogen-bond donors (Lipinski definition) is 1. The third-order valence-electron chi connectivity index (χ3n) is 5.11. The molecular formula is C19H29N3O3. The van der Waals surface area contributed by atoms with Crippen LogP contribution in [-0.2, 0) is 10.3 Å². The molecule has 3 rings (SSSR count). The summed E-state index contributed by atoms with van der Waals surface area (Å²) in [5.41, 5.74) is -0.600. The SMILES string of the molecule is CN(C)c1ccc(C2(O)CC3CCC(C2)N3C(=O)OC(C)(C)C)cn1. The number of ether oxygens (including phenoxy) is 1. The number of amides is 1. The van der Waals surface area contributed by atoms with Gasteiger partial charge in [0.25, 0.3) is 0 Å². The Morgan fingerprint density at radius 1 is 1.28 bits per heavy atom. The number of nitrogens with zero attached hydrogens (tertiary/aromatic N) is 3. The van der Waals surface area contributed by atoms with Gasteiger partial charge in [-0.3, -0.25) is 0 Å². The minimum atomic E-state index is -0.928. The maximum absolute atomic E-state index is 12.5. The van der Waals surface area contributed by atoms with Crippen molar-refractivity contribution >= 4 is 11.9 Å². The first kappa shape index (κ1) is 18.0. The van der Waals surface area contributed by atoms with Crippen molar-refractivity contribution in [2.45, 2.75) is 69.7 Å². The van der Waals surface area contributed by atoms with Gasteiger partial charge in [0.15, 0.2) is 0 Å². The van der Waals surface area contributed by atoms with Crippen LogP contribution in [-0.4, -0.2) is 52.9 Å². The number of fused-ring (bicyclic) bond motifs is 2. The van der Waals surface area contributed by atoms with Crippen LogP contribution in [0.5, 0.6) is 0 Å². The van der Waals surface area contributed by atoms with Crippen molar-refractivity contribution in [3.05, 3.63) is 23.9 Å². The molecule has 1 aromatic heterocycles. The van der Waals surface area contributed by atoms with E-state index in [2.05, 4.69) is 4.98 Å². The van der Waals surface area contributed by atoms with E-state index in [9.17, 15) is 9.90 Å². The van der Waals surface area contributed by atoms with E-state index in [0.29, 0.717) is 12.8 Å². The van der Waals surface area contributed by atoms with Crippen LogP contribution < -0.4 is 4.90 Å². The van der Waals surface area contributed by atoms with Crippen molar-refractivity contribution in [2.24, 2.45) is 0 Å². The number of rotatable bonds is 2. The molecule has 2 fully saturated rings. The number of aromatic nitrogens is 1. The van der Waals surface area contributed by atoms with Crippen LogP contribution in [0.15, 0.2) is 18.3 Å². The molecule has 0 saturated carbocycles. The van der Waals surface area contributed by atoms with Crippen LogP contribution in [0.4, 0.5) is 10.6 Å². The van der Waals surface area contributed by atoms with Gasteiger partial charge in [-0.05, 0) is 39.7 Å². The third kappa shape index (κ3) is 3.59. The molecule has 0 aromatic carbocycles. The third-order valence-corrected chi connectivity index (χ3v) is 5.11. The second-order valence-electron chi connectivity index (χ2n) is 8.51.